The molecule has 0 saturated carbocycles. The highest BCUT2D eigenvalue weighted by Crippen LogP contribution is 2.32. The van der Waals surface area contributed by atoms with Gasteiger partial charge in [-0.1, -0.05) is 11.6 Å². The van der Waals surface area contributed by atoms with Gasteiger partial charge in [-0.3, -0.25) is 14.9 Å². The van der Waals surface area contributed by atoms with Crippen LogP contribution < -0.4 is 10.6 Å². The highest BCUT2D eigenvalue weighted by molar-refractivity contribution is 6.29. The van der Waals surface area contributed by atoms with Gasteiger partial charge in [-0.15, -0.1) is 0 Å². The van der Waals surface area contributed by atoms with E-state index in [0.29, 0.717) is 31.6 Å². The number of anilines is 1. The molecule has 1 aliphatic heterocycles. The molecular formula is C11H13ClN4O3. The van der Waals surface area contributed by atoms with E-state index in [1.807, 2.05) is 4.90 Å². The monoisotopic (exact) mass is 284 g/mol. The Morgan fingerprint density at radius 2 is 2.16 bits per heavy atom. The van der Waals surface area contributed by atoms with E-state index in [1.54, 1.807) is 0 Å². The molecule has 1 aromatic heterocycles. The van der Waals surface area contributed by atoms with Crippen LogP contribution in [0.3, 0.4) is 0 Å². The summed E-state index contributed by atoms with van der Waals surface area (Å²) in [5.74, 6) is -0.477. The Hall–Kier alpha value is -1.89. The largest absolute Gasteiger partial charge is 0.369 e. The fraction of sp³-hybridized carbons (Fsp3) is 0.455. The van der Waals surface area contributed by atoms with Gasteiger partial charge in [0, 0.05) is 25.1 Å². The van der Waals surface area contributed by atoms with Gasteiger partial charge in [0.2, 0.25) is 5.91 Å². The molecule has 19 heavy (non-hydrogen) atoms. The summed E-state index contributed by atoms with van der Waals surface area (Å²) in [6, 6.07) is 1.48. The lowest BCUT2D eigenvalue weighted by molar-refractivity contribution is -0.384. The number of hydrogen-bond donors (Lipinski definition) is 1. The molecule has 2 N–H and O–H groups in total. The van der Waals surface area contributed by atoms with Gasteiger partial charge in [0.15, 0.2) is 0 Å². The summed E-state index contributed by atoms with van der Waals surface area (Å²) in [5.41, 5.74) is 5.61. The van der Waals surface area contributed by atoms with Crippen LogP contribution in [-0.4, -0.2) is 28.9 Å². The lowest BCUT2D eigenvalue weighted by atomic mass is 9.96. The molecule has 0 bridgehead atoms. The van der Waals surface area contributed by atoms with Crippen LogP contribution in [0.2, 0.25) is 5.15 Å². The van der Waals surface area contributed by atoms with Crippen LogP contribution >= 0.6 is 11.6 Å². The number of nitrogens with two attached hydrogens (primary N) is 1. The molecule has 1 aliphatic rings. The minimum atomic E-state index is -0.487. The van der Waals surface area contributed by atoms with Crippen LogP contribution in [0.5, 0.6) is 0 Å². The Labute approximate surface area is 114 Å². The minimum Gasteiger partial charge on any atom is -0.369 e. The number of aromatic nitrogens is 1. The normalized spacial score (nSPS) is 16.4. The van der Waals surface area contributed by atoms with Crippen molar-refractivity contribution in [1.82, 2.24) is 4.98 Å². The predicted octanol–water partition coefficient (Wildman–Crippen LogP) is 1.34. The zero-order valence-electron chi connectivity index (χ0n) is 10.1. The molecule has 0 atom stereocenters. The zero-order chi connectivity index (χ0) is 14.0. The molecule has 2 heterocycles. The quantitative estimate of drug-likeness (QED) is 0.513. The summed E-state index contributed by atoms with van der Waals surface area (Å²) in [6.45, 7) is 1.07. The Balaban J connectivity index is 2.21. The first-order chi connectivity index (χ1) is 8.99. The van der Waals surface area contributed by atoms with Crippen molar-refractivity contribution in [3.05, 3.63) is 27.5 Å². The lowest BCUT2D eigenvalue weighted by Gasteiger charge is -2.31. The first kappa shape index (κ1) is 13.5. The van der Waals surface area contributed by atoms with Crippen LogP contribution in [0, 0.1) is 16.0 Å². The van der Waals surface area contributed by atoms with Gasteiger partial charge in [-0.25, -0.2) is 4.98 Å². The zero-order valence-corrected chi connectivity index (χ0v) is 10.8. The summed E-state index contributed by atoms with van der Waals surface area (Å²) in [6.07, 6.45) is 2.33. The molecular weight excluding hydrogens is 272 g/mol. The molecule has 8 heteroatoms. The molecule has 7 nitrogen and oxygen atoms in total. The number of carbonyl (C=O) groups is 1. The molecule has 0 spiro atoms. The molecule has 1 amide bonds. The maximum Gasteiger partial charge on any atom is 0.310 e. The number of primary amides is 1. The number of piperidine rings is 1. The highest BCUT2D eigenvalue weighted by atomic mass is 35.5. The molecule has 0 unspecified atom stereocenters. The lowest BCUT2D eigenvalue weighted by Crippen LogP contribution is -2.38. The van der Waals surface area contributed by atoms with E-state index < -0.39 is 4.92 Å². The molecule has 0 radical (unpaired) electrons. The van der Waals surface area contributed by atoms with Crippen LogP contribution in [0.1, 0.15) is 12.8 Å². The van der Waals surface area contributed by atoms with Crippen LogP contribution in [0.25, 0.3) is 0 Å². The van der Waals surface area contributed by atoms with Gasteiger partial charge in [0.05, 0.1) is 4.92 Å². The van der Waals surface area contributed by atoms with Crippen molar-refractivity contribution in [1.29, 1.82) is 0 Å². The third-order valence-corrected chi connectivity index (χ3v) is 3.47. The van der Waals surface area contributed by atoms with E-state index in [0.717, 1.165) is 6.20 Å². The summed E-state index contributed by atoms with van der Waals surface area (Å²) >= 11 is 5.79. The smallest absolute Gasteiger partial charge is 0.310 e. The molecule has 0 aliphatic carbocycles. The van der Waals surface area contributed by atoms with Crippen LogP contribution in [-0.2, 0) is 4.79 Å². The summed E-state index contributed by atoms with van der Waals surface area (Å²) in [5, 5.41) is 11.2. The van der Waals surface area contributed by atoms with E-state index in [2.05, 4.69) is 4.98 Å². The van der Waals surface area contributed by atoms with Gasteiger partial charge in [0.1, 0.15) is 17.0 Å². The number of amides is 1. The highest BCUT2D eigenvalue weighted by Gasteiger charge is 2.27. The van der Waals surface area contributed by atoms with Crippen molar-refractivity contribution in [2.45, 2.75) is 12.8 Å². The van der Waals surface area contributed by atoms with E-state index in [-0.39, 0.29) is 22.7 Å². The maximum absolute atomic E-state index is 11.1. The molecule has 0 aromatic carbocycles. The number of rotatable bonds is 3. The number of hydrogen-bond acceptors (Lipinski definition) is 5. The van der Waals surface area contributed by atoms with E-state index >= 15 is 0 Å². The molecule has 1 fully saturated rings. The third kappa shape index (κ3) is 2.93. The van der Waals surface area contributed by atoms with Crippen molar-refractivity contribution in [3.63, 3.8) is 0 Å². The second-order valence-corrected chi connectivity index (χ2v) is 4.80. The van der Waals surface area contributed by atoms with Gasteiger partial charge in [-0.2, -0.15) is 0 Å². The minimum absolute atomic E-state index is 0.0816. The van der Waals surface area contributed by atoms with E-state index in [1.165, 1.54) is 6.07 Å². The van der Waals surface area contributed by atoms with Gasteiger partial charge in [0.25, 0.3) is 0 Å². The molecule has 1 aromatic rings. The van der Waals surface area contributed by atoms with E-state index in [9.17, 15) is 14.9 Å². The van der Waals surface area contributed by atoms with E-state index in [4.69, 9.17) is 17.3 Å². The average molecular weight is 285 g/mol. The second kappa shape index (κ2) is 5.40. The van der Waals surface area contributed by atoms with Crippen molar-refractivity contribution >= 4 is 28.9 Å². The number of nitrogens with zero attached hydrogens (tertiary/aromatic N) is 3. The Bertz CT molecular complexity index is 515. The number of nitro groups is 1. The number of carbonyl (C=O) groups excluding carboxylic acids is 1. The average Bonchev–Trinajstić information content (AvgIpc) is 2.38. The Kier molecular flexibility index (Phi) is 3.84. The summed E-state index contributed by atoms with van der Waals surface area (Å²) in [4.78, 5) is 27.1. The third-order valence-electron chi connectivity index (χ3n) is 3.26. The maximum atomic E-state index is 11.1. The summed E-state index contributed by atoms with van der Waals surface area (Å²) in [7, 11) is 0. The SMILES string of the molecule is NC(=O)C1CCN(c2cc(Cl)ncc2[N+](=O)[O-])CC1. The van der Waals surface area contributed by atoms with Crippen molar-refractivity contribution in [2.75, 3.05) is 18.0 Å². The molecule has 2 rings (SSSR count). The topological polar surface area (TPSA) is 102 Å². The molecule has 102 valence electrons. The van der Waals surface area contributed by atoms with Gasteiger partial charge in [-0.05, 0) is 12.8 Å². The fourth-order valence-electron chi connectivity index (χ4n) is 2.21. The van der Waals surface area contributed by atoms with Crippen molar-refractivity contribution in [2.24, 2.45) is 11.7 Å². The number of pyridine rings is 1. The first-order valence-electron chi connectivity index (χ1n) is 5.83. The van der Waals surface area contributed by atoms with Crippen molar-refractivity contribution in [3.8, 4) is 0 Å². The van der Waals surface area contributed by atoms with Crippen LogP contribution in [0.15, 0.2) is 12.3 Å². The standard InChI is InChI=1S/C11H13ClN4O3/c12-10-5-8(9(6-14-10)16(18)19)15-3-1-7(2-4-15)11(13)17/h5-7H,1-4H2,(H2,13,17). The Morgan fingerprint density at radius 1 is 1.53 bits per heavy atom. The second-order valence-electron chi connectivity index (χ2n) is 4.42. The fourth-order valence-corrected chi connectivity index (χ4v) is 2.36. The first-order valence-corrected chi connectivity index (χ1v) is 6.21. The number of halogens is 1. The van der Waals surface area contributed by atoms with Gasteiger partial charge < -0.3 is 10.6 Å². The summed E-state index contributed by atoms with van der Waals surface area (Å²) < 4.78 is 0. The van der Waals surface area contributed by atoms with Gasteiger partial charge >= 0.3 is 5.69 Å². The Morgan fingerprint density at radius 3 is 2.68 bits per heavy atom. The van der Waals surface area contributed by atoms with Crippen LogP contribution in [0.4, 0.5) is 11.4 Å². The predicted molar refractivity (Wildman–Crippen MR) is 70.0 cm³/mol. The van der Waals surface area contributed by atoms with Crippen molar-refractivity contribution < 1.29 is 9.72 Å². The molecule has 1 saturated heterocycles.